The summed E-state index contributed by atoms with van der Waals surface area (Å²) in [6.45, 7) is 1.91. The molecule has 0 aliphatic heterocycles. The molecule has 0 aromatic carbocycles. The number of hydrogen-bond donors (Lipinski definition) is 1. The van der Waals surface area contributed by atoms with E-state index in [2.05, 4.69) is 4.98 Å². The SMILES string of the molecule is COCOc1ccc(C)nc1C=CC(=O)O. The summed E-state index contributed by atoms with van der Waals surface area (Å²) in [6.07, 6.45) is 2.40. The zero-order chi connectivity index (χ0) is 12.0. The molecule has 0 saturated carbocycles. The maximum atomic E-state index is 10.4. The Morgan fingerprint density at radius 2 is 2.31 bits per heavy atom. The van der Waals surface area contributed by atoms with Crippen molar-refractivity contribution < 1.29 is 19.4 Å². The first-order valence-corrected chi connectivity index (χ1v) is 4.64. The van der Waals surface area contributed by atoms with Crippen molar-refractivity contribution in [3.05, 3.63) is 29.6 Å². The Labute approximate surface area is 93.3 Å². The maximum absolute atomic E-state index is 10.4. The van der Waals surface area contributed by atoms with Crippen LogP contribution in [0.4, 0.5) is 0 Å². The van der Waals surface area contributed by atoms with Crippen LogP contribution in [-0.4, -0.2) is 30.0 Å². The number of pyridine rings is 1. The monoisotopic (exact) mass is 223 g/mol. The normalized spacial score (nSPS) is 10.6. The first-order valence-electron chi connectivity index (χ1n) is 4.64. The highest BCUT2D eigenvalue weighted by Gasteiger charge is 2.03. The van der Waals surface area contributed by atoms with Crippen LogP contribution in [0.1, 0.15) is 11.4 Å². The molecule has 0 unspecified atom stereocenters. The summed E-state index contributed by atoms with van der Waals surface area (Å²) in [4.78, 5) is 14.6. The van der Waals surface area contributed by atoms with Gasteiger partial charge in [0.2, 0.25) is 0 Å². The maximum Gasteiger partial charge on any atom is 0.328 e. The van der Waals surface area contributed by atoms with Crippen molar-refractivity contribution in [2.75, 3.05) is 13.9 Å². The van der Waals surface area contributed by atoms with Gasteiger partial charge in [-0.1, -0.05) is 0 Å². The predicted molar refractivity (Wildman–Crippen MR) is 58.1 cm³/mol. The molecule has 0 bridgehead atoms. The number of ether oxygens (including phenoxy) is 2. The zero-order valence-corrected chi connectivity index (χ0v) is 9.14. The second kappa shape index (κ2) is 5.87. The molecular formula is C11H13NO4. The molecular weight excluding hydrogens is 210 g/mol. The number of nitrogens with zero attached hydrogens (tertiary/aromatic N) is 1. The minimum Gasteiger partial charge on any atom is -0.478 e. The molecule has 1 N–H and O–H groups in total. The van der Waals surface area contributed by atoms with Gasteiger partial charge >= 0.3 is 5.97 Å². The number of hydrogen-bond acceptors (Lipinski definition) is 4. The number of rotatable bonds is 5. The fourth-order valence-corrected chi connectivity index (χ4v) is 1.08. The average molecular weight is 223 g/mol. The number of aliphatic carboxylic acids is 1. The lowest BCUT2D eigenvalue weighted by molar-refractivity contribution is -0.131. The molecule has 1 aromatic rings. The summed E-state index contributed by atoms with van der Waals surface area (Å²) in [5, 5.41) is 8.53. The van der Waals surface area contributed by atoms with Gasteiger partial charge in [-0.05, 0) is 25.1 Å². The molecule has 16 heavy (non-hydrogen) atoms. The van der Waals surface area contributed by atoms with Crippen molar-refractivity contribution in [3.63, 3.8) is 0 Å². The van der Waals surface area contributed by atoms with Gasteiger partial charge in [0.1, 0.15) is 11.4 Å². The van der Waals surface area contributed by atoms with E-state index in [9.17, 15) is 4.79 Å². The Bertz CT molecular complexity index is 401. The van der Waals surface area contributed by atoms with E-state index in [1.54, 1.807) is 12.1 Å². The van der Waals surface area contributed by atoms with Gasteiger partial charge in [0, 0.05) is 18.9 Å². The van der Waals surface area contributed by atoms with Crippen LogP contribution in [0.3, 0.4) is 0 Å². The summed E-state index contributed by atoms with van der Waals surface area (Å²) in [7, 11) is 1.51. The van der Waals surface area contributed by atoms with Gasteiger partial charge in [0.15, 0.2) is 6.79 Å². The molecule has 1 aromatic heterocycles. The quantitative estimate of drug-likeness (QED) is 0.604. The van der Waals surface area contributed by atoms with E-state index in [1.807, 2.05) is 6.92 Å². The minimum absolute atomic E-state index is 0.0959. The van der Waals surface area contributed by atoms with Crippen LogP contribution in [0.2, 0.25) is 0 Å². The summed E-state index contributed by atoms with van der Waals surface area (Å²) >= 11 is 0. The Balaban J connectivity index is 2.93. The molecule has 5 heteroatoms. The van der Waals surface area contributed by atoms with Crippen LogP contribution in [0.15, 0.2) is 18.2 Å². The topological polar surface area (TPSA) is 68.7 Å². The number of carboxylic acid groups (broad SMARTS) is 1. The lowest BCUT2D eigenvalue weighted by atomic mass is 10.2. The van der Waals surface area contributed by atoms with Crippen LogP contribution in [0.5, 0.6) is 5.75 Å². The smallest absolute Gasteiger partial charge is 0.328 e. The number of aryl methyl sites for hydroxylation is 1. The van der Waals surface area contributed by atoms with Crippen molar-refractivity contribution in [1.29, 1.82) is 0 Å². The molecule has 0 aliphatic rings. The van der Waals surface area contributed by atoms with Gasteiger partial charge in [-0.15, -0.1) is 0 Å². The van der Waals surface area contributed by atoms with E-state index in [0.29, 0.717) is 11.4 Å². The Kier molecular flexibility index (Phi) is 4.47. The van der Waals surface area contributed by atoms with Crippen molar-refractivity contribution in [2.45, 2.75) is 6.92 Å². The molecule has 0 fully saturated rings. The summed E-state index contributed by atoms with van der Waals surface area (Å²) in [5.74, 6) is -0.536. The van der Waals surface area contributed by atoms with Gasteiger partial charge in [0.05, 0.1) is 0 Å². The molecule has 0 spiro atoms. The van der Waals surface area contributed by atoms with Crippen molar-refractivity contribution in [2.24, 2.45) is 0 Å². The number of aromatic nitrogens is 1. The van der Waals surface area contributed by atoms with Gasteiger partial charge in [-0.3, -0.25) is 0 Å². The minimum atomic E-state index is -1.03. The molecule has 1 rings (SSSR count). The van der Waals surface area contributed by atoms with Crippen LogP contribution in [0.25, 0.3) is 6.08 Å². The van der Waals surface area contributed by atoms with E-state index >= 15 is 0 Å². The van der Waals surface area contributed by atoms with Crippen molar-refractivity contribution in [3.8, 4) is 5.75 Å². The zero-order valence-electron chi connectivity index (χ0n) is 9.14. The van der Waals surface area contributed by atoms with Crippen LogP contribution in [0, 0.1) is 6.92 Å². The second-order valence-electron chi connectivity index (χ2n) is 3.06. The fraction of sp³-hybridized carbons (Fsp3) is 0.273. The molecule has 0 atom stereocenters. The molecule has 0 aliphatic carbocycles. The largest absolute Gasteiger partial charge is 0.478 e. The molecule has 0 radical (unpaired) electrons. The summed E-state index contributed by atoms with van der Waals surface area (Å²) < 4.78 is 10.0. The van der Waals surface area contributed by atoms with Gasteiger partial charge in [-0.2, -0.15) is 0 Å². The van der Waals surface area contributed by atoms with E-state index in [1.165, 1.54) is 13.2 Å². The summed E-state index contributed by atoms with van der Waals surface area (Å²) in [5.41, 5.74) is 1.26. The van der Waals surface area contributed by atoms with E-state index < -0.39 is 5.97 Å². The van der Waals surface area contributed by atoms with Crippen LogP contribution >= 0.6 is 0 Å². The first kappa shape index (κ1) is 12.2. The third kappa shape index (κ3) is 3.70. The lowest BCUT2D eigenvalue weighted by Gasteiger charge is -2.07. The fourth-order valence-electron chi connectivity index (χ4n) is 1.08. The Morgan fingerprint density at radius 3 is 2.94 bits per heavy atom. The number of carboxylic acids is 1. The highest BCUT2D eigenvalue weighted by atomic mass is 16.7. The molecule has 1 heterocycles. The van der Waals surface area contributed by atoms with Crippen molar-refractivity contribution in [1.82, 2.24) is 4.98 Å². The number of carbonyl (C=O) groups is 1. The molecule has 5 nitrogen and oxygen atoms in total. The van der Waals surface area contributed by atoms with Crippen LogP contribution < -0.4 is 4.74 Å². The molecule has 86 valence electrons. The lowest BCUT2D eigenvalue weighted by Crippen LogP contribution is -2.02. The Hall–Kier alpha value is -1.88. The van der Waals surface area contributed by atoms with Gasteiger partial charge < -0.3 is 14.6 Å². The van der Waals surface area contributed by atoms with Crippen molar-refractivity contribution >= 4 is 12.0 Å². The molecule has 0 saturated heterocycles. The average Bonchev–Trinajstić information content (AvgIpc) is 2.25. The third-order valence-electron chi connectivity index (χ3n) is 1.74. The first-order chi connectivity index (χ1) is 7.63. The van der Waals surface area contributed by atoms with Gasteiger partial charge in [0.25, 0.3) is 0 Å². The highest BCUT2D eigenvalue weighted by molar-refractivity contribution is 5.85. The highest BCUT2D eigenvalue weighted by Crippen LogP contribution is 2.18. The number of methoxy groups -OCH3 is 1. The van der Waals surface area contributed by atoms with E-state index in [4.69, 9.17) is 14.6 Å². The standard InChI is InChI=1S/C11H13NO4/c1-8-3-5-10(16-7-15-2)9(12-8)4-6-11(13)14/h3-6H,7H2,1-2H3,(H,13,14). The molecule has 0 amide bonds. The predicted octanol–water partition coefficient (Wildman–Crippen LogP) is 1.47. The van der Waals surface area contributed by atoms with Gasteiger partial charge in [-0.25, -0.2) is 9.78 Å². The van der Waals surface area contributed by atoms with E-state index in [0.717, 1.165) is 11.8 Å². The van der Waals surface area contributed by atoms with E-state index in [-0.39, 0.29) is 6.79 Å². The van der Waals surface area contributed by atoms with Crippen LogP contribution in [-0.2, 0) is 9.53 Å². The Morgan fingerprint density at radius 1 is 1.56 bits per heavy atom. The second-order valence-corrected chi connectivity index (χ2v) is 3.06. The summed E-state index contributed by atoms with van der Waals surface area (Å²) in [6, 6.07) is 3.51. The third-order valence-corrected chi connectivity index (χ3v) is 1.74.